The predicted octanol–water partition coefficient (Wildman–Crippen LogP) is 2.66. The average molecular weight is 395 g/mol. The highest BCUT2D eigenvalue weighted by Gasteiger charge is 2.20. The molecule has 0 saturated carbocycles. The molecule has 2 aromatic carbocycles. The first-order valence-corrected chi connectivity index (χ1v) is 8.59. The summed E-state index contributed by atoms with van der Waals surface area (Å²) >= 11 is 0. The van der Waals surface area contributed by atoms with Crippen molar-refractivity contribution in [2.75, 3.05) is 26.3 Å². The van der Waals surface area contributed by atoms with Gasteiger partial charge in [-0.25, -0.2) is 0 Å². The van der Waals surface area contributed by atoms with Crippen LogP contribution in [-0.2, 0) is 11.2 Å². The van der Waals surface area contributed by atoms with Gasteiger partial charge >= 0.3 is 0 Å². The Labute approximate surface area is 163 Å². The predicted molar refractivity (Wildman–Crippen MR) is 104 cm³/mol. The quantitative estimate of drug-likeness (QED) is 0.528. The summed E-state index contributed by atoms with van der Waals surface area (Å²) in [7, 11) is 0. The lowest BCUT2D eigenvalue weighted by atomic mass is 9.97. The minimum absolute atomic E-state index is 0. The molecule has 2 aromatic rings. The zero-order valence-corrected chi connectivity index (χ0v) is 15.6. The van der Waals surface area contributed by atoms with E-state index in [9.17, 15) is 15.2 Å². The number of nitro groups is 1. The molecule has 0 fully saturated rings. The molecule has 0 amide bonds. The van der Waals surface area contributed by atoms with Gasteiger partial charge in [0.1, 0.15) is 18.5 Å². The molecule has 0 bridgehead atoms. The standard InChI is InChI=1S/C19H22N2O5.ClH/c22-16(13-26-17-7-5-15(6-8-17)21(23)24)11-20-12-19-18-4-2-1-3-14(18)9-10-25-19;/h1-8,16,19-20,22H,9-13H2;1H. The van der Waals surface area contributed by atoms with E-state index in [1.807, 2.05) is 12.1 Å². The van der Waals surface area contributed by atoms with E-state index in [4.69, 9.17) is 9.47 Å². The van der Waals surface area contributed by atoms with Crippen molar-refractivity contribution < 1.29 is 19.5 Å². The highest BCUT2D eigenvalue weighted by atomic mass is 35.5. The Balaban J connectivity index is 0.00000261. The molecular weight excluding hydrogens is 372 g/mol. The van der Waals surface area contributed by atoms with Crippen LogP contribution in [0.3, 0.4) is 0 Å². The molecule has 1 heterocycles. The van der Waals surface area contributed by atoms with E-state index in [-0.39, 0.29) is 30.8 Å². The highest BCUT2D eigenvalue weighted by Crippen LogP contribution is 2.26. The molecule has 3 rings (SSSR count). The Bertz CT molecular complexity index is 741. The number of halogens is 1. The molecule has 2 unspecified atom stereocenters. The Hall–Kier alpha value is -2.19. The van der Waals surface area contributed by atoms with Gasteiger partial charge in [0.15, 0.2) is 0 Å². The van der Waals surface area contributed by atoms with Gasteiger partial charge in [-0.15, -0.1) is 12.4 Å². The van der Waals surface area contributed by atoms with Crippen LogP contribution in [0.25, 0.3) is 0 Å². The van der Waals surface area contributed by atoms with Crippen LogP contribution in [0.4, 0.5) is 5.69 Å². The van der Waals surface area contributed by atoms with Gasteiger partial charge in [-0.1, -0.05) is 24.3 Å². The van der Waals surface area contributed by atoms with Gasteiger partial charge in [-0.05, 0) is 29.7 Å². The van der Waals surface area contributed by atoms with Crippen LogP contribution in [-0.4, -0.2) is 42.4 Å². The van der Waals surface area contributed by atoms with Gasteiger partial charge in [0.25, 0.3) is 5.69 Å². The van der Waals surface area contributed by atoms with Gasteiger partial charge in [0, 0.05) is 25.2 Å². The number of hydrogen-bond acceptors (Lipinski definition) is 6. The second-order valence-corrected chi connectivity index (χ2v) is 6.18. The number of aliphatic hydroxyl groups is 1. The van der Waals surface area contributed by atoms with Crippen molar-refractivity contribution in [3.8, 4) is 5.75 Å². The van der Waals surface area contributed by atoms with Gasteiger partial charge in [-0.2, -0.15) is 0 Å². The van der Waals surface area contributed by atoms with E-state index in [1.54, 1.807) is 0 Å². The molecule has 27 heavy (non-hydrogen) atoms. The van der Waals surface area contributed by atoms with Crippen LogP contribution in [0.1, 0.15) is 17.2 Å². The third kappa shape index (κ3) is 5.90. The summed E-state index contributed by atoms with van der Waals surface area (Å²) in [5.41, 5.74) is 2.52. The van der Waals surface area contributed by atoms with E-state index in [1.165, 1.54) is 35.4 Å². The van der Waals surface area contributed by atoms with Crippen molar-refractivity contribution in [2.45, 2.75) is 18.6 Å². The number of non-ortho nitro benzene ring substituents is 1. The third-order valence-electron chi connectivity index (χ3n) is 4.29. The second kappa shape index (κ2) is 10.2. The third-order valence-corrected chi connectivity index (χ3v) is 4.29. The van der Waals surface area contributed by atoms with E-state index >= 15 is 0 Å². The average Bonchev–Trinajstić information content (AvgIpc) is 2.67. The molecule has 0 radical (unpaired) electrons. The molecule has 8 heteroatoms. The minimum atomic E-state index is -0.691. The molecule has 146 valence electrons. The number of fused-ring (bicyclic) bond motifs is 1. The van der Waals surface area contributed by atoms with Gasteiger partial charge in [0.2, 0.25) is 0 Å². The summed E-state index contributed by atoms with van der Waals surface area (Å²) in [5, 5.41) is 23.9. The molecule has 1 aliphatic rings. The zero-order chi connectivity index (χ0) is 18.4. The molecular formula is C19H23ClN2O5. The maximum absolute atomic E-state index is 10.6. The molecule has 0 aliphatic carbocycles. The Morgan fingerprint density at radius 3 is 2.74 bits per heavy atom. The van der Waals surface area contributed by atoms with Crippen LogP contribution in [0.15, 0.2) is 48.5 Å². The fraction of sp³-hybridized carbons (Fsp3) is 0.368. The molecule has 7 nitrogen and oxygen atoms in total. The van der Waals surface area contributed by atoms with E-state index < -0.39 is 11.0 Å². The fourth-order valence-corrected chi connectivity index (χ4v) is 2.94. The summed E-state index contributed by atoms with van der Waals surface area (Å²) < 4.78 is 11.3. The molecule has 0 aromatic heterocycles. The molecule has 0 saturated heterocycles. The molecule has 0 spiro atoms. The van der Waals surface area contributed by atoms with E-state index in [0.29, 0.717) is 25.4 Å². The summed E-state index contributed by atoms with van der Waals surface area (Å²) in [6.07, 6.45) is 0.227. The second-order valence-electron chi connectivity index (χ2n) is 6.18. The molecule has 2 atom stereocenters. The fourth-order valence-electron chi connectivity index (χ4n) is 2.94. The first kappa shape index (κ1) is 21.1. The van der Waals surface area contributed by atoms with E-state index in [2.05, 4.69) is 17.4 Å². The Morgan fingerprint density at radius 1 is 1.26 bits per heavy atom. The number of nitrogens with one attached hydrogen (secondary N) is 1. The smallest absolute Gasteiger partial charge is 0.269 e. The van der Waals surface area contributed by atoms with E-state index in [0.717, 1.165) is 6.42 Å². The van der Waals surface area contributed by atoms with Crippen molar-refractivity contribution in [3.05, 3.63) is 69.8 Å². The lowest BCUT2D eigenvalue weighted by Gasteiger charge is -2.26. The summed E-state index contributed by atoms with van der Waals surface area (Å²) in [6, 6.07) is 14.0. The van der Waals surface area contributed by atoms with Crippen LogP contribution < -0.4 is 10.1 Å². The maximum Gasteiger partial charge on any atom is 0.269 e. The number of nitro benzene ring substituents is 1. The summed E-state index contributed by atoms with van der Waals surface area (Å²) in [6.45, 7) is 1.79. The van der Waals surface area contributed by atoms with Gasteiger partial charge < -0.3 is 19.9 Å². The normalized spacial score (nSPS) is 16.7. The van der Waals surface area contributed by atoms with Crippen molar-refractivity contribution in [3.63, 3.8) is 0 Å². The van der Waals surface area contributed by atoms with Crippen LogP contribution in [0, 0.1) is 10.1 Å². The van der Waals surface area contributed by atoms with Crippen molar-refractivity contribution in [2.24, 2.45) is 0 Å². The number of rotatable bonds is 8. The van der Waals surface area contributed by atoms with Crippen molar-refractivity contribution in [1.82, 2.24) is 5.32 Å². The summed E-state index contributed by atoms with van der Waals surface area (Å²) in [4.78, 5) is 10.1. The van der Waals surface area contributed by atoms with Gasteiger partial charge in [-0.3, -0.25) is 10.1 Å². The SMILES string of the molecule is Cl.O=[N+]([O-])c1ccc(OCC(O)CNCC2OCCc3ccccc32)cc1. The zero-order valence-electron chi connectivity index (χ0n) is 14.7. The molecule has 1 aliphatic heterocycles. The number of ether oxygens (including phenoxy) is 2. The molecule has 2 N–H and O–H groups in total. The first-order valence-electron chi connectivity index (χ1n) is 8.59. The maximum atomic E-state index is 10.6. The lowest BCUT2D eigenvalue weighted by molar-refractivity contribution is -0.384. The van der Waals surface area contributed by atoms with Crippen LogP contribution >= 0.6 is 12.4 Å². The number of hydrogen-bond donors (Lipinski definition) is 2. The minimum Gasteiger partial charge on any atom is -0.491 e. The number of aliphatic hydroxyl groups excluding tert-OH is 1. The highest BCUT2D eigenvalue weighted by molar-refractivity contribution is 5.85. The van der Waals surface area contributed by atoms with Crippen molar-refractivity contribution >= 4 is 18.1 Å². The topological polar surface area (TPSA) is 93.9 Å². The first-order chi connectivity index (χ1) is 12.6. The summed E-state index contributed by atoms with van der Waals surface area (Å²) in [5.74, 6) is 0.485. The van der Waals surface area contributed by atoms with Crippen LogP contribution in [0.5, 0.6) is 5.75 Å². The van der Waals surface area contributed by atoms with Crippen LogP contribution in [0.2, 0.25) is 0 Å². The largest absolute Gasteiger partial charge is 0.491 e. The Morgan fingerprint density at radius 2 is 2.00 bits per heavy atom. The number of benzene rings is 2. The Kier molecular flexibility index (Phi) is 7.99. The lowest BCUT2D eigenvalue weighted by Crippen LogP contribution is -2.35. The van der Waals surface area contributed by atoms with Gasteiger partial charge in [0.05, 0.1) is 17.6 Å². The van der Waals surface area contributed by atoms with Crippen molar-refractivity contribution in [1.29, 1.82) is 0 Å². The monoisotopic (exact) mass is 394 g/mol. The number of nitrogens with zero attached hydrogens (tertiary/aromatic N) is 1.